The fraction of sp³-hybridized carbons (Fsp3) is 0.818. The monoisotopic (exact) mass is 246 g/mol. The summed E-state index contributed by atoms with van der Waals surface area (Å²) in [7, 11) is 0. The molecule has 0 rings (SSSR count). The van der Waals surface area contributed by atoms with Crippen molar-refractivity contribution in [3.05, 3.63) is 0 Å². The van der Waals surface area contributed by atoms with Gasteiger partial charge in [-0.1, -0.05) is 26.7 Å². The number of aliphatic carboxylic acids is 1. The summed E-state index contributed by atoms with van der Waals surface area (Å²) < 4.78 is 0. The molecule has 0 radical (unpaired) electrons. The molecule has 0 heterocycles. The van der Waals surface area contributed by atoms with Crippen LogP contribution in [0.5, 0.6) is 0 Å². The van der Waals surface area contributed by atoms with E-state index in [1.807, 2.05) is 6.92 Å². The molecule has 0 unspecified atom stereocenters. The second kappa shape index (κ2) is 8.81. The molecule has 0 atom stereocenters. The van der Waals surface area contributed by atoms with E-state index in [4.69, 9.17) is 5.11 Å². The Labute approximate surface area is 102 Å². The van der Waals surface area contributed by atoms with E-state index < -0.39 is 12.6 Å². The van der Waals surface area contributed by atoms with Crippen molar-refractivity contribution in [2.75, 3.05) is 19.7 Å². The van der Waals surface area contributed by atoms with Gasteiger partial charge in [-0.25, -0.2) is 15.1 Å². The minimum Gasteiger partial charge on any atom is -0.479 e. The van der Waals surface area contributed by atoms with E-state index in [-0.39, 0.29) is 6.03 Å². The first-order chi connectivity index (χ1) is 8.04. The van der Waals surface area contributed by atoms with E-state index in [2.05, 4.69) is 24.2 Å². The highest BCUT2D eigenvalue weighted by molar-refractivity contribution is 5.73. The fourth-order valence-electron chi connectivity index (χ4n) is 1.44. The van der Waals surface area contributed by atoms with Crippen molar-refractivity contribution < 1.29 is 19.5 Å². The van der Waals surface area contributed by atoms with Crippen molar-refractivity contribution >= 4 is 12.0 Å². The molecule has 17 heavy (non-hydrogen) atoms. The molecule has 6 nitrogen and oxygen atoms in total. The zero-order chi connectivity index (χ0) is 13.3. The third-order valence-electron chi connectivity index (χ3n) is 2.66. The zero-order valence-electron chi connectivity index (χ0n) is 10.7. The molecular weight excluding hydrogens is 224 g/mol. The van der Waals surface area contributed by atoms with Gasteiger partial charge >= 0.3 is 12.0 Å². The average Bonchev–Trinajstić information content (AvgIpc) is 2.30. The van der Waals surface area contributed by atoms with E-state index in [0.717, 1.165) is 12.8 Å². The number of hydrogen-bond donors (Lipinski definition) is 2. The predicted octanol–water partition coefficient (Wildman–Crippen LogP) is 1.47. The number of carboxylic acids is 1. The van der Waals surface area contributed by atoms with Crippen LogP contribution in [0.4, 0.5) is 4.79 Å². The Morgan fingerprint density at radius 2 is 1.88 bits per heavy atom. The summed E-state index contributed by atoms with van der Waals surface area (Å²) in [6.07, 6.45) is 2.02. The van der Waals surface area contributed by atoms with E-state index in [1.165, 1.54) is 0 Å². The number of carboxylic acid groups (broad SMARTS) is 1. The molecule has 2 amide bonds. The van der Waals surface area contributed by atoms with E-state index >= 15 is 0 Å². The van der Waals surface area contributed by atoms with Crippen LogP contribution in [-0.4, -0.2) is 41.7 Å². The van der Waals surface area contributed by atoms with Crippen LogP contribution in [0, 0.1) is 5.92 Å². The molecule has 6 heteroatoms. The normalized spacial score (nSPS) is 10.4. The van der Waals surface area contributed by atoms with Crippen molar-refractivity contribution in [2.45, 2.75) is 33.6 Å². The van der Waals surface area contributed by atoms with Crippen LogP contribution in [0.15, 0.2) is 0 Å². The molecule has 0 aliphatic carbocycles. The maximum atomic E-state index is 11.6. The molecule has 0 aromatic carbocycles. The van der Waals surface area contributed by atoms with Gasteiger partial charge in [0.15, 0.2) is 6.61 Å². The van der Waals surface area contributed by atoms with Crippen LogP contribution >= 0.6 is 0 Å². The van der Waals surface area contributed by atoms with Crippen molar-refractivity contribution in [2.24, 2.45) is 5.92 Å². The largest absolute Gasteiger partial charge is 0.479 e. The predicted molar refractivity (Wildman–Crippen MR) is 63.4 cm³/mol. The van der Waals surface area contributed by atoms with Gasteiger partial charge in [0.25, 0.3) is 0 Å². The van der Waals surface area contributed by atoms with Gasteiger partial charge in [0, 0.05) is 13.1 Å². The molecule has 0 spiro atoms. The number of nitrogens with zero attached hydrogens (tertiary/aromatic N) is 1. The summed E-state index contributed by atoms with van der Waals surface area (Å²) in [6.45, 7) is 6.74. The minimum atomic E-state index is -1.12. The van der Waals surface area contributed by atoms with Crippen molar-refractivity contribution in [1.29, 1.82) is 0 Å². The second-order valence-corrected chi connectivity index (χ2v) is 3.81. The summed E-state index contributed by atoms with van der Waals surface area (Å²) in [5.41, 5.74) is 2.12. The standard InChI is InChI=1S/C11H22N2O4/c1-4-9(5-2)7-13(6-3)11(16)12-17-8-10(14)15/h9H,4-8H2,1-3H3,(H,12,16)(H,14,15). The van der Waals surface area contributed by atoms with Crippen molar-refractivity contribution in [3.63, 3.8) is 0 Å². The third-order valence-corrected chi connectivity index (χ3v) is 2.66. The molecule has 0 saturated heterocycles. The van der Waals surface area contributed by atoms with Crippen LogP contribution in [0.2, 0.25) is 0 Å². The molecule has 0 aromatic rings. The van der Waals surface area contributed by atoms with Crippen LogP contribution in [-0.2, 0) is 9.63 Å². The topological polar surface area (TPSA) is 78.9 Å². The van der Waals surface area contributed by atoms with E-state index in [9.17, 15) is 9.59 Å². The van der Waals surface area contributed by atoms with Gasteiger partial charge in [-0.05, 0) is 12.8 Å². The van der Waals surface area contributed by atoms with Gasteiger partial charge in [-0.15, -0.1) is 0 Å². The molecule has 2 N–H and O–H groups in total. The summed E-state index contributed by atoms with van der Waals surface area (Å²) >= 11 is 0. The maximum Gasteiger partial charge on any atom is 0.341 e. The van der Waals surface area contributed by atoms with E-state index in [1.54, 1.807) is 4.90 Å². The fourth-order valence-corrected chi connectivity index (χ4v) is 1.44. The highest BCUT2D eigenvalue weighted by Gasteiger charge is 2.15. The Morgan fingerprint density at radius 3 is 2.29 bits per heavy atom. The first-order valence-electron chi connectivity index (χ1n) is 5.93. The Morgan fingerprint density at radius 1 is 1.29 bits per heavy atom. The van der Waals surface area contributed by atoms with Gasteiger partial charge in [0.1, 0.15) is 0 Å². The van der Waals surface area contributed by atoms with Crippen molar-refractivity contribution in [3.8, 4) is 0 Å². The number of urea groups is 1. The first kappa shape index (κ1) is 15.7. The Hall–Kier alpha value is -1.30. The van der Waals surface area contributed by atoms with Crippen LogP contribution in [0.1, 0.15) is 33.6 Å². The van der Waals surface area contributed by atoms with Gasteiger partial charge in [0.2, 0.25) is 0 Å². The van der Waals surface area contributed by atoms with Gasteiger partial charge in [-0.2, -0.15) is 0 Å². The van der Waals surface area contributed by atoms with Crippen LogP contribution < -0.4 is 5.48 Å². The third kappa shape index (κ3) is 6.78. The Balaban J connectivity index is 4.07. The van der Waals surface area contributed by atoms with Crippen LogP contribution in [0.3, 0.4) is 0 Å². The second-order valence-electron chi connectivity index (χ2n) is 3.81. The number of amides is 2. The molecule has 0 bridgehead atoms. The first-order valence-corrected chi connectivity index (χ1v) is 5.93. The highest BCUT2D eigenvalue weighted by Crippen LogP contribution is 2.09. The molecule has 100 valence electrons. The number of rotatable bonds is 8. The van der Waals surface area contributed by atoms with Gasteiger partial charge in [0.05, 0.1) is 0 Å². The van der Waals surface area contributed by atoms with Gasteiger partial charge in [-0.3, -0.25) is 4.84 Å². The smallest absolute Gasteiger partial charge is 0.341 e. The number of carbonyl (C=O) groups is 2. The lowest BCUT2D eigenvalue weighted by Gasteiger charge is -2.25. The number of nitrogens with one attached hydrogen (secondary N) is 1. The molecular formula is C11H22N2O4. The SMILES string of the molecule is CCC(CC)CN(CC)C(=O)NOCC(=O)O. The van der Waals surface area contributed by atoms with E-state index in [0.29, 0.717) is 19.0 Å². The lowest BCUT2D eigenvalue weighted by atomic mass is 10.0. The van der Waals surface area contributed by atoms with Crippen molar-refractivity contribution in [1.82, 2.24) is 10.4 Å². The van der Waals surface area contributed by atoms with Gasteiger partial charge < -0.3 is 10.0 Å². The minimum absolute atomic E-state index is 0.388. The molecule has 0 saturated carbocycles. The number of hydrogen-bond acceptors (Lipinski definition) is 3. The molecule has 0 aliphatic heterocycles. The summed E-state index contributed by atoms with van der Waals surface area (Å²) in [4.78, 5) is 28.0. The summed E-state index contributed by atoms with van der Waals surface area (Å²) in [5, 5.41) is 8.35. The lowest BCUT2D eigenvalue weighted by molar-refractivity contribution is -0.144. The summed E-state index contributed by atoms with van der Waals surface area (Å²) in [6, 6.07) is -0.388. The zero-order valence-corrected chi connectivity index (χ0v) is 10.7. The maximum absolute atomic E-state index is 11.6. The molecule has 0 aromatic heterocycles. The Kier molecular flexibility index (Phi) is 8.13. The Bertz CT molecular complexity index is 242. The average molecular weight is 246 g/mol. The van der Waals surface area contributed by atoms with Crippen LogP contribution in [0.25, 0.3) is 0 Å². The highest BCUT2D eigenvalue weighted by atomic mass is 16.7. The summed E-state index contributed by atoms with van der Waals surface area (Å²) in [5.74, 6) is -0.659. The quantitative estimate of drug-likeness (QED) is 0.636. The number of carbonyl (C=O) groups excluding carboxylic acids is 1. The molecule has 0 fully saturated rings. The lowest BCUT2D eigenvalue weighted by Crippen LogP contribution is -2.42. The molecule has 0 aliphatic rings. The number of hydroxylamine groups is 1.